The monoisotopic (exact) mass is 411 g/mol. The maximum atomic E-state index is 12.6. The summed E-state index contributed by atoms with van der Waals surface area (Å²) in [5.74, 6) is -0.505. The maximum absolute atomic E-state index is 12.6. The number of aromatic nitrogens is 3. The molecular formula is C23H17N5OS. The van der Waals surface area contributed by atoms with E-state index in [4.69, 9.17) is 5.10 Å². The van der Waals surface area contributed by atoms with Crippen molar-refractivity contribution in [3.8, 4) is 23.0 Å². The molecule has 0 aliphatic heterocycles. The molecule has 0 atom stereocenters. The molecule has 0 fully saturated rings. The Bertz CT molecular complexity index is 1230. The number of anilines is 1. The van der Waals surface area contributed by atoms with Crippen molar-refractivity contribution >= 4 is 28.5 Å². The molecular weight excluding hydrogens is 394 g/mol. The van der Waals surface area contributed by atoms with Gasteiger partial charge in [-0.3, -0.25) is 10.1 Å². The summed E-state index contributed by atoms with van der Waals surface area (Å²) < 4.78 is 1.74. The molecule has 4 aromatic rings. The van der Waals surface area contributed by atoms with Gasteiger partial charge in [0.25, 0.3) is 5.91 Å². The molecule has 1 amide bonds. The second-order valence-corrected chi connectivity index (χ2v) is 7.43. The number of hydrogen-bond acceptors (Lipinski definition) is 5. The Labute approximate surface area is 177 Å². The van der Waals surface area contributed by atoms with Gasteiger partial charge in [-0.2, -0.15) is 10.4 Å². The number of carbonyl (C=O) groups excluding carboxylic acids is 1. The molecule has 1 N–H and O–H groups in total. The summed E-state index contributed by atoms with van der Waals surface area (Å²) in [5, 5.41) is 19.2. The van der Waals surface area contributed by atoms with Crippen LogP contribution in [0.2, 0.25) is 0 Å². The fourth-order valence-corrected chi connectivity index (χ4v) is 3.42. The van der Waals surface area contributed by atoms with Gasteiger partial charge >= 0.3 is 0 Å². The number of hydrogen-bond donors (Lipinski definition) is 1. The number of nitrogens with zero attached hydrogens (tertiary/aromatic N) is 4. The topological polar surface area (TPSA) is 83.6 Å². The van der Waals surface area contributed by atoms with E-state index in [0.29, 0.717) is 16.4 Å². The molecule has 2 aromatic heterocycles. The molecule has 4 rings (SSSR count). The van der Waals surface area contributed by atoms with Crippen molar-refractivity contribution in [3.63, 3.8) is 0 Å². The van der Waals surface area contributed by atoms with Gasteiger partial charge in [-0.1, -0.05) is 48.0 Å². The molecule has 146 valence electrons. The van der Waals surface area contributed by atoms with Crippen molar-refractivity contribution in [1.29, 1.82) is 5.26 Å². The standard InChI is InChI=1S/C23H17N5OS/c1-16-7-9-17(10-8-16)21-19(15-28(27-21)20-5-3-2-4-6-20)13-18(14-24)22(29)26-23-25-11-12-30-23/h2-13,15H,1H3,(H,25,26,29)/b18-13+. The summed E-state index contributed by atoms with van der Waals surface area (Å²) in [6.07, 6.45) is 4.97. The van der Waals surface area contributed by atoms with E-state index in [2.05, 4.69) is 10.3 Å². The van der Waals surface area contributed by atoms with Crippen LogP contribution in [0.1, 0.15) is 11.1 Å². The SMILES string of the molecule is Cc1ccc(-c2nn(-c3ccccc3)cc2/C=C(\C#N)C(=O)Nc2nccs2)cc1. The third-order valence-corrected chi connectivity index (χ3v) is 5.09. The summed E-state index contributed by atoms with van der Waals surface area (Å²) in [6.45, 7) is 2.02. The first kappa shape index (κ1) is 19.3. The van der Waals surface area contributed by atoms with E-state index < -0.39 is 5.91 Å². The summed E-state index contributed by atoms with van der Waals surface area (Å²) in [6, 6.07) is 19.6. The highest BCUT2D eigenvalue weighted by atomic mass is 32.1. The molecule has 0 bridgehead atoms. The number of aryl methyl sites for hydroxylation is 1. The Morgan fingerprint density at radius 2 is 1.93 bits per heavy atom. The van der Waals surface area contributed by atoms with E-state index in [1.54, 1.807) is 22.3 Å². The van der Waals surface area contributed by atoms with Crippen LogP contribution in [0.15, 0.2) is 77.9 Å². The van der Waals surface area contributed by atoms with Crippen molar-refractivity contribution < 1.29 is 4.79 Å². The summed E-state index contributed by atoms with van der Waals surface area (Å²) >= 11 is 1.29. The molecule has 0 aliphatic rings. The number of para-hydroxylation sites is 1. The van der Waals surface area contributed by atoms with Crippen molar-refractivity contribution in [1.82, 2.24) is 14.8 Å². The van der Waals surface area contributed by atoms with Crippen molar-refractivity contribution in [2.45, 2.75) is 6.92 Å². The van der Waals surface area contributed by atoms with E-state index in [9.17, 15) is 10.1 Å². The molecule has 0 radical (unpaired) electrons. The average Bonchev–Trinajstić information content (AvgIpc) is 3.43. The Kier molecular flexibility index (Phi) is 5.50. The fourth-order valence-electron chi connectivity index (χ4n) is 2.90. The molecule has 0 saturated carbocycles. The van der Waals surface area contributed by atoms with Gasteiger partial charge < -0.3 is 0 Å². The normalized spacial score (nSPS) is 11.1. The molecule has 0 spiro atoms. The number of thiazole rings is 1. The van der Waals surface area contributed by atoms with Gasteiger partial charge in [-0.25, -0.2) is 9.67 Å². The molecule has 2 heterocycles. The van der Waals surface area contributed by atoms with Gasteiger partial charge in [0.1, 0.15) is 11.6 Å². The smallest absolute Gasteiger partial charge is 0.268 e. The van der Waals surface area contributed by atoms with Gasteiger partial charge in [0.05, 0.1) is 11.4 Å². The predicted molar refractivity (Wildman–Crippen MR) is 118 cm³/mol. The van der Waals surface area contributed by atoms with E-state index in [-0.39, 0.29) is 5.57 Å². The zero-order chi connectivity index (χ0) is 20.9. The lowest BCUT2D eigenvalue weighted by Crippen LogP contribution is -2.13. The number of rotatable bonds is 5. The minimum atomic E-state index is -0.505. The molecule has 2 aromatic carbocycles. The van der Waals surface area contributed by atoms with Crippen LogP contribution in [-0.2, 0) is 4.79 Å². The first-order valence-corrected chi connectivity index (χ1v) is 10.1. The predicted octanol–water partition coefficient (Wildman–Crippen LogP) is 4.85. The van der Waals surface area contributed by atoms with Crippen LogP contribution < -0.4 is 5.32 Å². The highest BCUT2D eigenvalue weighted by Gasteiger charge is 2.16. The summed E-state index contributed by atoms with van der Waals surface area (Å²) in [4.78, 5) is 16.6. The van der Waals surface area contributed by atoms with Crippen molar-refractivity contribution in [2.24, 2.45) is 0 Å². The number of amides is 1. The Hall–Kier alpha value is -4.02. The fraction of sp³-hybridized carbons (Fsp3) is 0.0435. The van der Waals surface area contributed by atoms with Crippen LogP contribution in [0, 0.1) is 18.3 Å². The van der Waals surface area contributed by atoms with Gasteiger partial charge in [-0.15, -0.1) is 11.3 Å². The number of nitrogens with one attached hydrogen (secondary N) is 1. The van der Waals surface area contributed by atoms with Crippen LogP contribution >= 0.6 is 11.3 Å². The highest BCUT2D eigenvalue weighted by molar-refractivity contribution is 7.13. The minimum Gasteiger partial charge on any atom is -0.297 e. The third kappa shape index (κ3) is 4.19. The first-order chi connectivity index (χ1) is 14.6. The van der Waals surface area contributed by atoms with Crippen molar-refractivity contribution in [3.05, 3.63) is 89.1 Å². The second-order valence-electron chi connectivity index (χ2n) is 6.54. The number of benzene rings is 2. The van der Waals surface area contributed by atoms with E-state index in [1.807, 2.05) is 73.8 Å². The van der Waals surface area contributed by atoms with E-state index >= 15 is 0 Å². The minimum absolute atomic E-state index is 0.0221. The van der Waals surface area contributed by atoms with Gasteiger partial charge in [0, 0.05) is 28.9 Å². The summed E-state index contributed by atoms with van der Waals surface area (Å²) in [5.41, 5.74) is 4.27. The van der Waals surface area contributed by atoms with Crippen LogP contribution in [0.25, 0.3) is 23.0 Å². The maximum Gasteiger partial charge on any atom is 0.268 e. The Balaban J connectivity index is 1.77. The molecule has 7 heteroatoms. The zero-order valence-electron chi connectivity index (χ0n) is 16.1. The largest absolute Gasteiger partial charge is 0.297 e. The van der Waals surface area contributed by atoms with Crippen LogP contribution in [0.5, 0.6) is 0 Å². The number of nitriles is 1. The van der Waals surface area contributed by atoms with E-state index in [1.165, 1.54) is 11.3 Å². The molecule has 30 heavy (non-hydrogen) atoms. The van der Waals surface area contributed by atoms with Crippen LogP contribution in [0.4, 0.5) is 5.13 Å². The summed E-state index contributed by atoms with van der Waals surface area (Å²) in [7, 11) is 0. The quantitative estimate of drug-likeness (QED) is 0.376. The zero-order valence-corrected chi connectivity index (χ0v) is 16.9. The third-order valence-electron chi connectivity index (χ3n) is 4.41. The van der Waals surface area contributed by atoms with Crippen LogP contribution in [0.3, 0.4) is 0 Å². The lowest BCUT2D eigenvalue weighted by atomic mass is 10.0. The van der Waals surface area contributed by atoms with Gasteiger partial charge in [-0.05, 0) is 25.1 Å². The molecule has 0 saturated heterocycles. The van der Waals surface area contributed by atoms with Crippen LogP contribution in [-0.4, -0.2) is 20.7 Å². The lowest BCUT2D eigenvalue weighted by molar-refractivity contribution is -0.112. The number of carbonyl (C=O) groups is 1. The lowest BCUT2D eigenvalue weighted by Gasteiger charge is -2.02. The van der Waals surface area contributed by atoms with E-state index in [0.717, 1.165) is 16.8 Å². The average molecular weight is 411 g/mol. The second kappa shape index (κ2) is 8.55. The molecule has 0 unspecified atom stereocenters. The molecule has 0 aliphatic carbocycles. The van der Waals surface area contributed by atoms with Gasteiger partial charge in [0.15, 0.2) is 5.13 Å². The van der Waals surface area contributed by atoms with Gasteiger partial charge in [0.2, 0.25) is 0 Å². The van der Waals surface area contributed by atoms with Crippen molar-refractivity contribution in [2.75, 3.05) is 5.32 Å². The Morgan fingerprint density at radius 3 is 2.60 bits per heavy atom. The first-order valence-electron chi connectivity index (χ1n) is 9.19. The Morgan fingerprint density at radius 1 is 1.17 bits per heavy atom. The highest BCUT2D eigenvalue weighted by Crippen LogP contribution is 2.26. The molecule has 6 nitrogen and oxygen atoms in total.